The Morgan fingerprint density at radius 3 is 2.72 bits per heavy atom. The van der Waals surface area contributed by atoms with E-state index < -0.39 is 0 Å². The number of rotatable bonds is 7. The first kappa shape index (κ1) is 15.0. The van der Waals surface area contributed by atoms with Crippen LogP contribution in [0.2, 0.25) is 0 Å². The van der Waals surface area contributed by atoms with Crippen LogP contribution in [0.25, 0.3) is 0 Å². The lowest BCUT2D eigenvalue weighted by atomic mass is 10.2. The van der Waals surface area contributed by atoms with Crippen molar-refractivity contribution in [3.63, 3.8) is 0 Å². The van der Waals surface area contributed by atoms with Crippen molar-refractivity contribution in [1.82, 2.24) is 4.90 Å². The van der Waals surface area contributed by atoms with Crippen LogP contribution in [0.5, 0.6) is 0 Å². The molecule has 1 fully saturated rings. The summed E-state index contributed by atoms with van der Waals surface area (Å²) >= 11 is 0. The van der Waals surface area contributed by atoms with Crippen LogP contribution in [-0.4, -0.2) is 49.2 Å². The Morgan fingerprint density at radius 2 is 2.06 bits per heavy atom. The van der Waals surface area contributed by atoms with E-state index in [-0.39, 0.29) is 24.5 Å². The average Bonchev–Trinajstić information content (AvgIpc) is 2.78. The molecule has 0 aromatic heterocycles. The summed E-state index contributed by atoms with van der Waals surface area (Å²) in [4.78, 5) is 25.1. The summed E-state index contributed by atoms with van der Waals surface area (Å²) in [6.07, 6.45) is 3.57. The second kappa shape index (κ2) is 8.08. The summed E-state index contributed by atoms with van der Waals surface area (Å²) in [5.41, 5.74) is 0. The van der Waals surface area contributed by atoms with Gasteiger partial charge in [-0.05, 0) is 32.7 Å². The van der Waals surface area contributed by atoms with Gasteiger partial charge in [-0.3, -0.25) is 14.5 Å². The van der Waals surface area contributed by atoms with Gasteiger partial charge in [0.05, 0.1) is 19.8 Å². The summed E-state index contributed by atoms with van der Waals surface area (Å²) < 4.78 is 10.1. The first-order valence-corrected chi connectivity index (χ1v) is 6.75. The van der Waals surface area contributed by atoms with Crippen LogP contribution in [0.4, 0.5) is 0 Å². The number of hydrogen-bond donors (Lipinski definition) is 0. The zero-order valence-corrected chi connectivity index (χ0v) is 11.3. The lowest BCUT2D eigenvalue weighted by Crippen LogP contribution is -2.40. The van der Waals surface area contributed by atoms with Crippen molar-refractivity contribution in [3.05, 3.63) is 0 Å². The van der Waals surface area contributed by atoms with Crippen LogP contribution in [0.1, 0.15) is 39.5 Å². The zero-order valence-electron chi connectivity index (χ0n) is 11.3. The van der Waals surface area contributed by atoms with Crippen molar-refractivity contribution in [1.29, 1.82) is 0 Å². The second-order valence-electron chi connectivity index (χ2n) is 4.45. The summed E-state index contributed by atoms with van der Waals surface area (Å²) in [6, 6.07) is -0.274. The number of carbonyl (C=O) groups excluding carboxylic acids is 2. The molecule has 0 aliphatic carbocycles. The Bertz CT molecular complexity index is 280. The van der Waals surface area contributed by atoms with Crippen molar-refractivity contribution in [2.45, 2.75) is 45.6 Å². The number of carbonyl (C=O) groups is 2. The SMILES string of the molecule is CCCCOC(=O)CN1CCCC1C(=O)OCC. The van der Waals surface area contributed by atoms with E-state index in [4.69, 9.17) is 9.47 Å². The van der Waals surface area contributed by atoms with Gasteiger partial charge in [-0.2, -0.15) is 0 Å². The molecule has 0 bridgehead atoms. The Kier molecular flexibility index (Phi) is 6.72. The lowest BCUT2D eigenvalue weighted by Gasteiger charge is -2.21. The van der Waals surface area contributed by atoms with Crippen molar-refractivity contribution >= 4 is 11.9 Å². The van der Waals surface area contributed by atoms with E-state index in [2.05, 4.69) is 0 Å². The number of hydrogen-bond acceptors (Lipinski definition) is 5. The summed E-state index contributed by atoms with van der Waals surface area (Å²) in [6.45, 7) is 5.62. The number of likely N-dealkylation sites (tertiary alicyclic amines) is 1. The monoisotopic (exact) mass is 257 g/mol. The van der Waals surface area contributed by atoms with Crippen molar-refractivity contribution in [2.24, 2.45) is 0 Å². The van der Waals surface area contributed by atoms with Crippen molar-refractivity contribution in [2.75, 3.05) is 26.3 Å². The molecule has 0 saturated carbocycles. The van der Waals surface area contributed by atoms with Gasteiger partial charge in [-0.15, -0.1) is 0 Å². The van der Waals surface area contributed by atoms with Gasteiger partial charge in [0.15, 0.2) is 0 Å². The van der Waals surface area contributed by atoms with Gasteiger partial charge in [-0.1, -0.05) is 13.3 Å². The molecule has 1 aliphatic heterocycles. The predicted molar refractivity (Wildman–Crippen MR) is 67.1 cm³/mol. The smallest absolute Gasteiger partial charge is 0.323 e. The maximum atomic E-state index is 11.7. The minimum absolute atomic E-state index is 0.188. The highest BCUT2D eigenvalue weighted by molar-refractivity contribution is 5.78. The molecule has 1 aliphatic rings. The minimum Gasteiger partial charge on any atom is -0.465 e. The molecule has 5 heteroatoms. The second-order valence-corrected chi connectivity index (χ2v) is 4.45. The fourth-order valence-electron chi connectivity index (χ4n) is 2.06. The number of esters is 2. The molecule has 104 valence electrons. The first-order valence-electron chi connectivity index (χ1n) is 6.75. The fraction of sp³-hybridized carbons (Fsp3) is 0.846. The van der Waals surface area contributed by atoms with Gasteiger partial charge in [0.1, 0.15) is 6.04 Å². The predicted octanol–water partition coefficient (Wildman–Crippen LogP) is 1.36. The average molecular weight is 257 g/mol. The van der Waals surface area contributed by atoms with Gasteiger partial charge in [0, 0.05) is 0 Å². The molecule has 1 atom stereocenters. The fourth-order valence-corrected chi connectivity index (χ4v) is 2.06. The zero-order chi connectivity index (χ0) is 13.4. The van der Waals surface area contributed by atoms with Gasteiger partial charge in [0.25, 0.3) is 0 Å². The van der Waals surface area contributed by atoms with Gasteiger partial charge >= 0.3 is 11.9 Å². The summed E-state index contributed by atoms with van der Waals surface area (Å²) in [5.74, 6) is -0.476. The molecule has 0 radical (unpaired) electrons. The Balaban J connectivity index is 2.35. The molecule has 5 nitrogen and oxygen atoms in total. The molecule has 0 N–H and O–H groups in total. The van der Waals surface area contributed by atoms with Crippen LogP contribution in [0.3, 0.4) is 0 Å². The van der Waals surface area contributed by atoms with Crippen LogP contribution in [-0.2, 0) is 19.1 Å². The maximum Gasteiger partial charge on any atom is 0.323 e. The molecule has 0 amide bonds. The third kappa shape index (κ3) is 4.64. The third-order valence-corrected chi connectivity index (χ3v) is 3.02. The topological polar surface area (TPSA) is 55.8 Å². The molecular weight excluding hydrogens is 234 g/mol. The van der Waals surface area contributed by atoms with Gasteiger partial charge < -0.3 is 9.47 Å². The largest absolute Gasteiger partial charge is 0.465 e. The maximum absolute atomic E-state index is 11.7. The van der Waals surface area contributed by atoms with Gasteiger partial charge in [-0.25, -0.2) is 0 Å². The number of ether oxygens (including phenoxy) is 2. The van der Waals surface area contributed by atoms with E-state index in [1.165, 1.54) is 0 Å². The highest BCUT2D eigenvalue weighted by Crippen LogP contribution is 2.18. The highest BCUT2D eigenvalue weighted by atomic mass is 16.5. The molecule has 18 heavy (non-hydrogen) atoms. The molecule has 1 heterocycles. The standard InChI is InChI=1S/C13H23NO4/c1-3-5-9-18-12(15)10-14-8-6-7-11(14)13(16)17-4-2/h11H,3-10H2,1-2H3. The normalized spacial score (nSPS) is 19.8. The van der Waals surface area contributed by atoms with Gasteiger partial charge in [0.2, 0.25) is 0 Å². The lowest BCUT2D eigenvalue weighted by molar-refractivity contribution is -0.151. The van der Waals surface area contributed by atoms with Crippen LogP contribution in [0.15, 0.2) is 0 Å². The Hall–Kier alpha value is -1.10. The van der Waals surface area contributed by atoms with E-state index in [1.54, 1.807) is 6.92 Å². The molecule has 1 saturated heterocycles. The van der Waals surface area contributed by atoms with E-state index in [0.717, 1.165) is 32.2 Å². The first-order chi connectivity index (χ1) is 8.69. The Labute approximate surface area is 108 Å². The summed E-state index contributed by atoms with van der Waals surface area (Å²) in [7, 11) is 0. The molecular formula is C13H23NO4. The number of unbranched alkanes of at least 4 members (excludes halogenated alkanes) is 1. The summed E-state index contributed by atoms with van der Waals surface area (Å²) in [5, 5.41) is 0. The molecule has 0 aromatic rings. The van der Waals surface area contributed by atoms with Crippen LogP contribution >= 0.6 is 0 Å². The van der Waals surface area contributed by atoms with E-state index in [9.17, 15) is 9.59 Å². The van der Waals surface area contributed by atoms with Crippen LogP contribution < -0.4 is 0 Å². The quantitative estimate of drug-likeness (QED) is 0.509. The van der Waals surface area contributed by atoms with Crippen LogP contribution in [0, 0.1) is 0 Å². The molecule has 0 aromatic carbocycles. The van der Waals surface area contributed by atoms with E-state index in [0.29, 0.717) is 13.2 Å². The highest BCUT2D eigenvalue weighted by Gasteiger charge is 2.33. The number of nitrogens with zero attached hydrogens (tertiary/aromatic N) is 1. The van der Waals surface area contributed by atoms with E-state index in [1.807, 2.05) is 11.8 Å². The van der Waals surface area contributed by atoms with E-state index >= 15 is 0 Å². The molecule has 1 rings (SSSR count). The van der Waals surface area contributed by atoms with Crippen molar-refractivity contribution in [3.8, 4) is 0 Å². The third-order valence-electron chi connectivity index (χ3n) is 3.02. The minimum atomic E-state index is -0.274. The molecule has 0 spiro atoms. The van der Waals surface area contributed by atoms with Crippen molar-refractivity contribution < 1.29 is 19.1 Å². The molecule has 1 unspecified atom stereocenters. The Morgan fingerprint density at radius 1 is 1.28 bits per heavy atom.